The van der Waals surface area contributed by atoms with Crippen LogP contribution in [-0.4, -0.2) is 55.2 Å². The van der Waals surface area contributed by atoms with Gasteiger partial charge in [-0.25, -0.2) is 4.79 Å². The molecule has 0 saturated heterocycles. The van der Waals surface area contributed by atoms with Crippen molar-refractivity contribution in [3.8, 4) is 0 Å². The zero-order chi connectivity index (χ0) is 14.9. The maximum Gasteiger partial charge on any atom is 0.490 e. The van der Waals surface area contributed by atoms with E-state index in [-0.39, 0.29) is 11.8 Å². The van der Waals surface area contributed by atoms with E-state index in [0.717, 1.165) is 13.1 Å². The molecule has 0 spiro atoms. The molecule has 1 amide bonds. The lowest BCUT2D eigenvalue weighted by atomic mass is 10.2. The Balaban J connectivity index is 0. The third kappa shape index (κ3) is 9.88. The second-order valence-corrected chi connectivity index (χ2v) is 3.82. The molecule has 0 atom stereocenters. The zero-order valence-corrected chi connectivity index (χ0v) is 10.8. The molecule has 0 aromatic rings. The summed E-state index contributed by atoms with van der Waals surface area (Å²) in [6.45, 7) is 5.47. The number of halogens is 3. The van der Waals surface area contributed by atoms with Gasteiger partial charge >= 0.3 is 12.1 Å². The standard InChI is InChI=1S/C8H18N2O.C2HF3O2/c1-7(2)8(11)10(4)6-5-9-3;3-2(4,5)1(6)7/h7,9H,5-6H2,1-4H3;(H,6,7). The van der Waals surface area contributed by atoms with Gasteiger partial charge in [0.15, 0.2) is 0 Å². The minimum atomic E-state index is -5.08. The topological polar surface area (TPSA) is 69.6 Å². The van der Waals surface area contributed by atoms with Crippen molar-refractivity contribution >= 4 is 11.9 Å². The largest absolute Gasteiger partial charge is 0.490 e. The molecular formula is C10H19F3N2O3. The van der Waals surface area contributed by atoms with Crippen molar-refractivity contribution in [1.82, 2.24) is 10.2 Å². The van der Waals surface area contributed by atoms with E-state index in [4.69, 9.17) is 9.90 Å². The van der Waals surface area contributed by atoms with Gasteiger partial charge in [-0.3, -0.25) is 4.79 Å². The van der Waals surface area contributed by atoms with Crippen molar-refractivity contribution in [2.75, 3.05) is 27.2 Å². The number of hydrogen-bond donors (Lipinski definition) is 2. The molecule has 18 heavy (non-hydrogen) atoms. The number of carboxylic acid groups (broad SMARTS) is 1. The second-order valence-electron chi connectivity index (χ2n) is 3.82. The fraction of sp³-hybridized carbons (Fsp3) is 0.800. The number of carbonyl (C=O) groups excluding carboxylic acids is 1. The molecule has 0 saturated carbocycles. The Bertz CT molecular complexity index is 268. The number of aliphatic carboxylic acids is 1. The van der Waals surface area contributed by atoms with Gasteiger partial charge in [0.1, 0.15) is 0 Å². The molecule has 5 nitrogen and oxygen atoms in total. The number of hydrogen-bond acceptors (Lipinski definition) is 3. The first-order chi connectivity index (χ1) is 8.03. The molecule has 0 aliphatic heterocycles. The van der Waals surface area contributed by atoms with Crippen molar-refractivity contribution in [3.05, 3.63) is 0 Å². The van der Waals surface area contributed by atoms with Gasteiger partial charge in [-0.15, -0.1) is 0 Å². The minimum Gasteiger partial charge on any atom is -0.475 e. The summed E-state index contributed by atoms with van der Waals surface area (Å²) in [5.74, 6) is -2.44. The maximum absolute atomic E-state index is 11.2. The van der Waals surface area contributed by atoms with Crippen LogP contribution in [0.1, 0.15) is 13.8 Å². The third-order valence-electron chi connectivity index (χ3n) is 1.81. The van der Waals surface area contributed by atoms with Crippen LogP contribution in [-0.2, 0) is 9.59 Å². The van der Waals surface area contributed by atoms with Gasteiger partial charge in [-0.1, -0.05) is 13.8 Å². The van der Waals surface area contributed by atoms with E-state index in [1.165, 1.54) is 0 Å². The molecule has 2 N–H and O–H groups in total. The summed E-state index contributed by atoms with van der Waals surface area (Å²) in [4.78, 5) is 21.9. The first kappa shape index (κ1) is 19.0. The average molecular weight is 272 g/mol. The number of rotatable bonds is 4. The molecule has 0 radical (unpaired) electrons. The van der Waals surface area contributed by atoms with Crippen molar-refractivity contribution < 1.29 is 27.9 Å². The lowest BCUT2D eigenvalue weighted by Crippen LogP contribution is -2.35. The van der Waals surface area contributed by atoms with Crippen molar-refractivity contribution in [3.63, 3.8) is 0 Å². The molecule has 0 fully saturated rings. The second kappa shape index (κ2) is 8.73. The summed E-state index contributed by atoms with van der Waals surface area (Å²) in [5, 5.41) is 10.1. The fourth-order valence-electron chi connectivity index (χ4n) is 0.830. The SMILES string of the molecule is CNCCN(C)C(=O)C(C)C.O=C(O)C(F)(F)F. The minimum absolute atomic E-state index is 0.108. The maximum atomic E-state index is 11.2. The van der Waals surface area contributed by atoms with E-state index in [0.29, 0.717) is 0 Å². The Morgan fingerprint density at radius 3 is 1.94 bits per heavy atom. The Labute approximate surface area is 104 Å². The van der Waals surface area contributed by atoms with Crippen molar-refractivity contribution in [1.29, 1.82) is 0 Å². The van der Waals surface area contributed by atoms with Crippen LogP contribution in [0.3, 0.4) is 0 Å². The third-order valence-corrected chi connectivity index (χ3v) is 1.81. The number of nitrogens with one attached hydrogen (secondary N) is 1. The number of carboxylic acids is 1. The summed E-state index contributed by atoms with van der Waals surface area (Å²) in [6.07, 6.45) is -5.08. The van der Waals surface area contributed by atoms with E-state index >= 15 is 0 Å². The molecule has 0 unspecified atom stereocenters. The lowest BCUT2D eigenvalue weighted by Gasteiger charge is -2.18. The molecule has 8 heteroatoms. The van der Waals surface area contributed by atoms with Crippen LogP contribution in [0.15, 0.2) is 0 Å². The van der Waals surface area contributed by atoms with Gasteiger partial charge < -0.3 is 15.3 Å². The fourth-order valence-corrected chi connectivity index (χ4v) is 0.830. The van der Waals surface area contributed by atoms with Gasteiger partial charge in [0.25, 0.3) is 0 Å². The van der Waals surface area contributed by atoms with E-state index in [1.54, 1.807) is 4.90 Å². The normalized spacial score (nSPS) is 10.7. The molecule has 0 aromatic heterocycles. The van der Waals surface area contributed by atoms with Crippen LogP contribution in [0.25, 0.3) is 0 Å². The smallest absolute Gasteiger partial charge is 0.475 e. The Morgan fingerprint density at radius 1 is 1.33 bits per heavy atom. The average Bonchev–Trinajstić information content (AvgIpc) is 2.24. The summed E-state index contributed by atoms with van der Waals surface area (Å²) >= 11 is 0. The molecule has 0 aromatic carbocycles. The van der Waals surface area contributed by atoms with Crippen molar-refractivity contribution in [2.45, 2.75) is 20.0 Å². The number of nitrogens with zero attached hydrogens (tertiary/aromatic N) is 1. The number of carbonyl (C=O) groups is 2. The van der Waals surface area contributed by atoms with Crippen LogP contribution in [0.4, 0.5) is 13.2 Å². The first-order valence-electron chi connectivity index (χ1n) is 5.23. The quantitative estimate of drug-likeness (QED) is 0.799. The molecular weight excluding hydrogens is 253 g/mol. The predicted molar refractivity (Wildman–Crippen MR) is 60.1 cm³/mol. The van der Waals surface area contributed by atoms with Crippen LogP contribution in [0.5, 0.6) is 0 Å². The summed E-state index contributed by atoms with van der Waals surface area (Å²) in [6, 6.07) is 0. The van der Waals surface area contributed by atoms with Crippen molar-refractivity contribution in [2.24, 2.45) is 5.92 Å². The highest BCUT2D eigenvalue weighted by Crippen LogP contribution is 2.13. The van der Waals surface area contributed by atoms with Gasteiger partial charge in [0.2, 0.25) is 5.91 Å². The highest BCUT2D eigenvalue weighted by Gasteiger charge is 2.38. The van der Waals surface area contributed by atoms with E-state index in [2.05, 4.69) is 5.32 Å². The molecule has 0 aliphatic carbocycles. The van der Waals surface area contributed by atoms with E-state index < -0.39 is 12.1 Å². The lowest BCUT2D eigenvalue weighted by molar-refractivity contribution is -0.192. The van der Waals surface area contributed by atoms with Crippen LogP contribution < -0.4 is 5.32 Å². The van der Waals surface area contributed by atoms with Crippen LogP contribution in [0.2, 0.25) is 0 Å². The Kier molecular flexibility index (Phi) is 9.24. The van der Waals surface area contributed by atoms with Gasteiger partial charge in [0, 0.05) is 26.1 Å². The number of amides is 1. The summed E-state index contributed by atoms with van der Waals surface area (Å²) < 4.78 is 31.7. The van der Waals surface area contributed by atoms with Gasteiger partial charge in [-0.05, 0) is 7.05 Å². The molecule has 108 valence electrons. The van der Waals surface area contributed by atoms with Gasteiger partial charge in [0.05, 0.1) is 0 Å². The number of likely N-dealkylation sites (N-methyl/N-ethyl adjacent to an activating group) is 2. The zero-order valence-electron chi connectivity index (χ0n) is 10.8. The Morgan fingerprint density at radius 2 is 1.72 bits per heavy atom. The predicted octanol–water partition coefficient (Wildman–Crippen LogP) is 0.953. The van der Waals surface area contributed by atoms with E-state index in [9.17, 15) is 18.0 Å². The number of alkyl halides is 3. The van der Waals surface area contributed by atoms with E-state index in [1.807, 2.05) is 27.9 Å². The molecule has 0 heterocycles. The van der Waals surface area contributed by atoms with Crippen LogP contribution in [0, 0.1) is 5.92 Å². The summed E-state index contributed by atoms with van der Waals surface area (Å²) in [7, 11) is 3.72. The Hall–Kier alpha value is -1.31. The molecule has 0 bridgehead atoms. The molecule has 0 aliphatic rings. The summed E-state index contributed by atoms with van der Waals surface area (Å²) in [5.41, 5.74) is 0. The highest BCUT2D eigenvalue weighted by molar-refractivity contribution is 5.77. The highest BCUT2D eigenvalue weighted by atomic mass is 19.4. The van der Waals surface area contributed by atoms with Gasteiger partial charge in [-0.2, -0.15) is 13.2 Å². The molecule has 0 rings (SSSR count). The van der Waals surface area contributed by atoms with Crippen LogP contribution >= 0.6 is 0 Å². The first-order valence-corrected chi connectivity index (χ1v) is 5.23. The monoisotopic (exact) mass is 272 g/mol.